The van der Waals surface area contributed by atoms with Gasteiger partial charge in [0.05, 0.1) is 12.5 Å². The van der Waals surface area contributed by atoms with Gasteiger partial charge in [-0.1, -0.05) is 41.8 Å². The molecular formula is C14H20BrNO3. The fourth-order valence-electron chi connectivity index (χ4n) is 2.27. The molecule has 1 aliphatic heterocycles. The van der Waals surface area contributed by atoms with Gasteiger partial charge in [-0.3, -0.25) is 4.79 Å². The highest BCUT2D eigenvalue weighted by Gasteiger charge is 2.39. The van der Waals surface area contributed by atoms with Crippen molar-refractivity contribution in [2.24, 2.45) is 11.8 Å². The van der Waals surface area contributed by atoms with Crippen LogP contribution in [0.5, 0.6) is 0 Å². The molecule has 19 heavy (non-hydrogen) atoms. The van der Waals surface area contributed by atoms with Crippen molar-refractivity contribution in [2.75, 3.05) is 6.61 Å². The second-order valence-corrected chi connectivity index (χ2v) is 6.32. The number of nitrogens with zero attached hydrogens (tertiary/aromatic N) is 1. The molecule has 0 saturated heterocycles. The van der Waals surface area contributed by atoms with Crippen LogP contribution in [0.4, 0.5) is 0 Å². The molecule has 0 N–H and O–H groups in total. The molecular weight excluding hydrogens is 310 g/mol. The molecule has 4 nitrogen and oxygen atoms in total. The molecule has 0 spiro atoms. The maximum atomic E-state index is 12.3. The number of amides is 1. The molecule has 0 radical (unpaired) electrons. The molecule has 0 aromatic carbocycles. The number of halogens is 1. The number of allylic oxidation sites excluding steroid dienone is 1. The largest absolute Gasteiger partial charge is 0.464 e. The maximum absolute atomic E-state index is 12.3. The smallest absolute Gasteiger partial charge is 0.329 e. The Morgan fingerprint density at radius 3 is 2.84 bits per heavy atom. The lowest BCUT2D eigenvalue weighted by atomic mass is 10.00. The molecule has 3 unspecified atom stereocenters. The van der Waals surface area contributed by atoms with Crippen LogP contribution in [0.1, 0.15) is 33.1 Å². The summed E-state index contributed by atoms with van der Waals surface area (Å²) in [5.74, 6) is 0.115. The molecule has 1 saturated carbocycles. The quantitative estimate of drug-likeness (QED) is 0.575. The minimum Gasteiger partial charge on any atom is -0.464 e. The maximum Gasteiger partial charge on any atom is 0.329 e. The molecule has 1 amide bonds. The normalized spacial score (nSPS) is 28.4. The van der Waals surface area contributed by atoms with E-state index in [0.717, 1.165) is 12.8 Å². The van der Waals surface area contributed by atoms with Gasteiger partial charge in [-0.05, 0) is 19.3 Å². The zero-order valence-corrected chi connectivity index (χ0v) is 12.9. The van der Waals surface area contributed by atoms with Gasteiger partial charge in [-0.25, -0.2) is 4.79 Å². The first kappa shape index (κ1) is 14.6. The van der Waals surface area contributed by atoms with Gasteiger partial charge in [0.15, 0.2) is 0 Å². The van der Waals surface area contributed by atoms with Crippen LogP contribution in [0.25, 0.3) is 0 Å². The molecule has 106 valence electrons. The second-order valence-electron chi connectivity index (χ2n) is 5.27. The fourth-order valence-corrected chi connectivity index (χ4v) is 2.64. The number of esters is 1. The highest BCUT2D eigenvalue weighted by atomic mass is 79.9. The Balaban J connectivity index is 2.14. The van der Waals surface area contributed by atoms with Crippen LogP contribution in [0, 0.1) is 11.8 Å². The Morgan fingerprint density at radius 1 is 1.58 bits per heavy atom. The number of carbonyl (C=O) groups is 2. The van der Waals surface area contributed by atoms with Crippen LogP contribution in [-0.2, 0) is 14.3 Å². The third-order valence-corrected chi connectivity index (χ3v) is 4.80. The van der Waals surface area contributed by atoms with E-state index >= 15 is 0 Å². The fraction of sp³-hybridized carbons (Fsp3) is 0.714. The SMILES string of the molecule is CCOC(=O)C(CC1CC1)N1C=CC(Br)C(C)C1=O. The Morgan fingerprint density at radius 2 is 2.26 bits per heavy atom. The summed E-state index contributed by atoms with van der Waals surface area (Å²) in [5.41, 5.74) is 0. The third-order valence-electron chi connectivity index (χ3n) is 3.70. The minimum absolute atomic E-state index is 0.0110. The van der Waals surface area contributed by atoms with Crippen molar-refractivity contribution in [3.8, 4) is 0 Å². The van der Waals surface area contributed by atoms with E-state index in [0.29, 0.717) is 18.9 Å². The summed E-state index contributed by atoms with van der Waals surface area (Å²) in [4.78, 5) is 26.0. The van der Waals surface area contributed by atoms with Crippen molar-refractivity contribution in [3.05, 3.63) is 12.3 Å². The van der Waals surface area contributed by atoms with Crippen LogP contribution in [0.2, 0.25) is 0 Å². The predicted octanol–water partition coefficient (Wildman–Crippen LogP) is 2.47. The first-order valence-electron chi connectivity index (χ1n) is 6.85. The zero-order valence-electron chi connectivity index (χ0n) is 11.3. The number of carbonyl (C=O) groups excluding carboxylic acids is 2. The van der Waals surface area contributed by atoms with Gasteiger partial charge >= 0.3 is 5.97 Å². The summed E-state index contributed by atoms with van der Waals surface area (Å²) in [6, 6.07) is -0.460. The molecule has 0 bridgehead atoms. The predicted molar refractivity (Wildman–Crippen MR) is 75.6 cm³/mol. The van der Waals surface area contributed by atoms with Crippen molar-refractivity contribution >= 4 is 27.8 Å². The zero-order chi connectivity index (χ0) is 14.0. The van der Waals surface area contributed by atoms with Gasteiger partial charge in [0.1, 0.15) is 6.04 Å². The first-order chi connectivity index (χ1) is 9.04. The molecule has 2 rings (SSSR count). The average Bonchev–Trinajstić information content (AvgIpc) is 3.18. The average molecular weight is 330 g/mol. The van der Waals surface area contributed by atoms with Gasteiger partial charge in [0.2, 0.25) is 5.91 Å². The van der Waals surface area contributed by atoms with Gasteiger partial charge in [0.25, 0.3) is 0 Å². The summed E-state index contributed by atoms with van der Waals surface area (Å²) < 4.78 is 5.12. The third kappa shape index (κ3) is 3.38. The molecule has 5 heteroatoms. The number of rotatable bonds is 5. The second kappa shape index (κ2) is 6.07. The summed E-state index contributed by atoms with van der Waals surface area (Å²) in [7, 11) is 0. The first-order valence-corrected chi connectivity index (χ1v) is 7.77. The summed E-state index contributed by atoms with van der Waals surface area (Å²) in [6.07, 6.45) is 6.67. The van der Waals surface area contributed by atoms with E-state index in [2.05, 4.69) is 15.9 Å². The van der Waals surface area contributed by atoms with Crippen molar-refractivity contribution < 1.29 is 14.3 Å². The van der Waals surface area contributed by atoms with Gasteiger partial charge in [-0.2, -0.15) is 0 Å². The Labute approximate surface area is 122 Å². The van der Waals surface area contributed by atoms with Crippen molar-refractivity contribution in [2.45, 2.75) is 44.0 Å². The van der Waals surface area contributed by atoms with Crippen LogP contribution in [-0.4, -0.2) is 34.3 Å². The monoisotopic (exact) mass is 329 g/mol. The Bertz CT molecular complexity index is 392. The molecule has 0 aromatic heterocycles. The number of hydrogen-bond donors (Lipinski definition) is 0. The van der Waals surface area contributed by atoms with Crippen LogP contribution in [0.3, 0.4) is 0 Å². The summed E-state index contributed by atoms with van der Waals surface area (Å²) >= 11 is 3.45. The number of ether oxygens (including phenoxy) is 1. The lowest BCUT2D eigenvalue weighted by Crippen LogP contribution is -2.48. The Hall–Kier alpha value is -0.840. The van der Waals surface area contributed by atoms with Crippen molar-refractivity contribution in [1.29, 1.82) is 0 Å². The van der Waals surface area contributed by atoms with Gasteiger partial charge in [0, 0.05) is 11.0 Å². The van der Waals surface area contributed by atoms with Crippen molar-refractivity contribution in [1.82, 2.24) is 4.90 Å². The lowest BCUT2D eigenvalue weighted by Gasteiger charge is -2.33. The number of hydrogen-bond acceptors (Lipinski definition) is 3. The Kier molecular flexibility index (Phi) is 4.66. The molecule has 1 heterocycles. The topological polar surface area (TPSA) is 46.6 Å². The molecule has 2 aliphatic rings. The van der Waals surface area contributed by atoms with Gasteiger partial charge < -0.3 is 9.64 Å². The standard InChI is InChI=1S/C14H20BrNO3/c1-3-19-14(18)12(8-10-4-5-10)16-7-6-11(15)9(2)13(16)17/h6-7,9-12H,3-5,8H2,1-2H3. The van der Waals surface area contributed by atoms with Crippen molar-refractivity contribution in [3.63, 3.8) is 0 Å². The van der Waals surface area contributed by atoms with E-state index in [4.69, 9.17) is 4.74 Å². The van der Waals surface area contributed by atoms with Crippen LogP contribution in [0.15, 0.2) is 12.3 Å². The highest BCUT2D eigenvalue weighted by Crippen LogP contribution is 2.36. The summed E-state index contributed by atoms with van der Waals surface area (Å²) in [6.45, 7) is 4.01. The van der Waals surface area contributed by atoms with E-state index in [9.17, 15) is 9.59 Å². The lowest BCUT2D eigenvalue weighted by molar-refractivity contribution is -0.154. The van der Waals surface area contributed by atoms with E-state index < -0.39 is 6.04 Å². The minimum atomic E-state index is -0.460. The van der Waals surface area contributed by atoms with E-state index in [1.165, 1.54) is 0 Å². The van der Waals surface area contributed by atoms with E-state index in [-0.39, 0.29) is 22.6 Å². The van der Waals surface area contributed by atoms with Crippen LogP contribution >= 0.6 is 15.9 Å². The van der Waals surface area contributed by atoms with Crippen LogP contribution < -0.4 is 0 Å². The van der Waals surface area contributed by atoms with Gasteiger partial charge in [-0.15, -0.1) is 0 Å². The number of alkyl halides is 1. The highest BCUT2D eigenvalue weighted by molar-refractivity contribution is 9.09. The molecule has 3 atom stereocenters. The van der Waals surface area contributed by atoms with E-state index in [1.54, 1.807) is 18.0 Å². The summed E-state index contributed by atoms with van der Waals surface area (Å²) in [5, 5.41) is 0. The molecule has 0 aromatic rings. The molecule has 1 fully saturated rings. The van der Waals surface area contributed by atoms with E-state index in [1.807, 2.05) is 13.0 Å². The molecule has 1 aliphatic carbocycles.